The Hall–Kier alpha value is -1.43. The fourth-order valence-corrected chi connectivity index (χ4v) is 1.36. The number of benzene rings is 1. The van der Waals surface area contributed by atoms with Gasteiger partial charge in [0.05, 0.1) is 5.02 Å². The quantitative estimate of drug-likeness (QED) is 0.919. The molecule has 0 radical (unpaired) electrons. The Labute approximate surface area is 107 Å². The summed E-state index contributed by atoms with van der Waals surface area (Å²) < 4.78 is 41.6. The van der Waals surface area contributed by atoms with Gasteiger partial charge in [0.15, 0.2) is 6.10 Å². The summed E-state index contributed by atoms with van der Waals surface area (Å²) in [6.45, 7) is 2.20. The molecule has 1 aromatic carbocycles. The van der Waals surface area contributed by atoms with Crippen LogP contribution in [0.5, 0.6) is 5.75 Å². The van der Waals surface area contributed by atoms with E-state index < -0.39 is 12.3 Å². The zero-order valence-electron chi connectivity index (χ0n) is 9.64. The molecule has 0 aliphatic rings. The van der Waals surface area contributed by atoms with Gasteiger partial charge in [-0.15, -0.1) is 0 Å². The van der Waals surface area contributed by atoms with E-state index in [2.05, 4.69) is 5.32 Å². The first-order valence-electron chi connectivity index (χ1n) is 5.00. The van der Waals surface area contributed by atoms with Crippen LogP contribution < -0.4 is 10.1 Å². The third kappa shape index (κ3) is 4.10. The van der Waals surface area contributed by atoms with Crippen LogP contribution in [0.3, 0.4) is 0 Å². The summed E-state index contributed by atoms with van der Waals surface area (Å²) in [6.07, 6.45) is -6.42. The summed E-state index contributed by atoms with van der Waals surface area (Å²) >= 11 is 5.76. The van der Waals surface area contributed by atoms with Crippen LogP contribution in [-0.2, 0) is 4.79 Å². The maximum atomic E-state index is 12.3. The Morgan fingerprint density at radius 3 is 2.50 bits per heavy atom. The molecule has 1 atom stereocenters. The Bertz CT molecular complexity index is 448. The fraction of sp³-hybridized carbons (Fsp3) is 0.364. The minimum atomic E-state index is -4.46. The second-order valence-electron chi connectivity index (χ2n) is 3.63. The topological polar surface area (TPSA) is 38.3 Å². The second-order valence-corrected chi connectivity index (χ2v) is 4.04. The molecule has 0 spiro atoms. The molecular formula is C11H11ClF3NO2. The molecule has 18 heavy (non-hydrogen) atoms. The molecule has 0 aliphatic carbocycles. The molecular weight excluding hydrogens is 271 g/mol. The van der Waals surface area contributed by atoms with Crippen molar-refractivity contribution in [2.45, 2.75) is 26.1 Å². The van der Waals surface area contributed by atoms with Crippen molar-refractivity contribution < 1.29 is 22.7 Å². The van der Waals surface area contributed by atoms with Gasteiger partial charge in [0.25, 0.3) is 0 Å². The van der Waals surface area contributed by atoms with E-state index in [1.165, 1.54) is 25.1 Å². The molecule has 0 saturated heterocycles. The standard InChI is InChI=1S/C11H11ClF3NO2/c1-6(11(13,14)15)18-10-4-3-8(5-9(10)12)16-7(2)17/h3-6H,1-2H3,(H,16,17). The molecule has 1 unspecified atom stereocenters. The van der Waals surface area contributed by atoms with E-state index in [1.807, 2.05) is 0 Å². The van der Waals surface area contributed by atoms with Gasteiger partial charge in [-0.3, -0.25) is 4.79 Å². The van der Waals surface area contributed by atoms with Crippen molar-refractivity contribution in [3.05, 3.63) is 23.2 Å². The second kappa shape index (κ2) is 5.48. The Balaban J connectivity index is 2.83. The highest BCUT2D eigenvalue weighted by Gasteiger charge is 2.38. The van der Waals surface area contributed by atoms with Crippen molar-refractivity contribution in [2.24, 2.45) is 0 Å². The van der Waals surface area contributed by atoms with Crippen LogP contribution in [0.15, 0.2) is 18.2 Å². The molecule has 1 aromatic rings. The SMILES string of the molecule is CC(=O)Nc1ccc(OC(C)C(F)(F)F)c(Cl)c1. The van der Waals surface area contributed by atoms with Gasteiger partial charge in [-0.25, -0.2) is 0 Å². The molecule has 0 bridgehead atoms. The van der Waals surface area contributed by atoms with Crippen molar-refractivity contribution in [1.29, 1.82) is 0 Å². The normalized spacial score (nSPS) is 13.0. The molecule has 0 fully saturated rings. The zero-order chi connectivity index (χ0) is 13.9. The Kier molecular flexibility index (Phi) is 4.45. The minimum absolute atomic E-state index is 0.00245. The van der Waals surface area contributed by atoms with Crippen LogP contribution in [0, 0.1) is 0 Å². The molecule has 0 aromatic heterocycles. The smallest absolute Gasteiger partial charge is 0.425 e. The number of nitrogens with one attached hydrogen (secondary N) is 1. The summed E-state index contributed by atoms with van der Waals surface area (Å²) in [6, 6.07) is 4.00. The van der Waals surface area contributed by atoms with Crippen molar-refractivity contribution >= 4 is 23.2 Å². The molecule has 1 N–H and O–H groups in total. The van der Waals surface area contributed by atoms with Crippen LogP contribution in [0.25, 0.3) is 0 Å². The first-order chi connectivity index (χ1) is 8.20. The number of hydrogen-bond donors (Lipinski definition) is 1. The minimum Gasteiger partial charge on any atom is -0.480 e. The average molecular weight is 282 g/mol. The van der Waals surface area contributed by atoms with Crippen LogP contribution in [-0.4, -0.2) is 18.2 Å². The van der Waals surface area contributed by atoms with Gasteiger partial charge in [0.1, 0.15) is 5.75 Å². The molecule has 0 aliphatic heterocycles. The molecule has 3 nitrogen and oxygen atoms in total. The van der Waals surface area contributed by atoms with Crippen molar-refractivity contribution in [1.82, 2.24) is 0 Å². The highest BCUT2D eigenvalue weighted by Crippen LogP contribution is 2.31. The lowest BCUT2D eigenvalue weighted by atomic mass is 10.3. The number of ether oxygens (including phenoxy) is 1. The van der Waals surface area contributed by atoms with Crippen molar-refractivity contribution in [2.75, 3.05) is 5.32 Å². The lowest BCUT2D eigenvalue weighted by molar-refractivity contribution is -0.189. The van der Waals surface area contributed by atoms with Gasteiger partial charge >= 0.3 is 6.18 Å². The summed E-state index contributed by atoms with van der Waals surface area (Å²) in [5.74, 6) is -0.390. The predicted octanol–water partition coefficient (Wildman–Crippen LogP) is 3.63. The van der Waals surface area contributed by atoms with Crippen LogP contribution in [0.1, 0.15) is 13.8 Å². The van der Waals surface area contributed by atoms with Crippen LogP contribution >= 0.6 is 11.6 Å². The fourth-order valence-electron chi connectivity index (χ4n) is 1.13. The van der Waals surface area contributed by atoms with E-state index in [9.17, 15) is 18.0 Å². The molecule has 1 rings (SSSR count). The van der Waals surface area contributed by atoms with Crippen LogP contribution in [0.2, 0.25) is 5.02 Å². The Morgan fingerprint density at radius 1 is 1.44 bits per heavy atom. The van der Waals surface area contributed by atoms with Gasteiger partial charge in [-0.1, -0.05) is 11.6 Å². The first-order valence-corrected chi connectivity index (χ1v) is 5.38. The van der Waals surface area contributed by atoms with Gasteiger partial charge in [0.2, 0.25) is 5.91 Å². The number of halogens is 4. The molecule has 7 heteroatoms. The summed E-state index contributed by atoms with van der Waals surface area (Å²) in [5, 5.41) is 2.45. The largest absolute Gasteiger partial charge is 0.480 e. The highest BCUT2D eigenvalue weighted by molar-refractivity contribution is 6.32. The molecule has 1 amide bonds. The number of amides is 1. The molecule has 100 valence electrons. The molecule has 0 saturated carbocycles. The zero-order valence-corrected chi connectivity index (χ0v) is 10.4. The lowest BCUT2D eigenvalue weighted by Crippen LogP contribution is -2.31. The van der Waals surface area contributed by atoms with Crippen molar-refractivity contribution in [3.8, 4) is 5.75 Å². The Morgan fingerprint density at radius 2 is 2.06 bits per heavy atom. The third-order valence-electron chi connectivity index (χ3n) is 2.02. The number of carbonyl (C=O) groups excluding carboxylic acids is 1. The summed E-state index contributed by atoms with van der Waals surface area (Å²) in [7, 11) is 0. The maximum Gasteiger partial charge on any atom is 0.425 e. The van der Waals surface area contributed by atoms with E-state index >= 15 is 0 Å². The van der Waals surface area contributed by atoms with Gasteiger partial charge in [0, 0.05) is 12.6 Å². The van der Waals surface area contributed by atoms with Crippen LogP contribution in [0.4, 0.5) is 18.9 Å². The van der Waals surface area contributed by atoms with Crippen molar-refractivity contribution in [3.63, 3.8) is 0 Å². The highest BCUT2D eigenvalue weighted by atomic mass is 35.5. The lowest BCUT2D eigenvalue weighted by Gasteiger charge is -2.18. The number of alkyl halides is 3. The number of hydrogen-bond acceptors (Lipinski definition) is 2. The van der Waals surface area contributed by atoms with Gasteiger partial charge in [-0.05, 0) is 25.1 Å². The van der Waals surface area contributed by atoms with Gasteiger partial charge < -0.3 is 10.1 Å². The predicted molar refractivity (Wildman–Crippen MR) is 61.9 cm³/mol. The summed E-state index contributed by atoms with van der Waals surface area (Å²) in [4.78, 5) is 10.8. The van der Waals surface area contributed by atoms with E-state index in [-0.39, 0.29) is 16.7 Å². The van der Waals surface area contributed by atoms with E-state index in [0.717, 1.165) is 6.92 Å². The van der Waals surface area contributed by atoms with E-state index in [0.29, 0.717) is 5.69 Å². The number of carbonyl (C=O) groups is 1. The monoisotopic (exact) mass is 281 g/mol. The van der Waals surface area contributed by atoms with E-state index in [4.69, 9.17) is 16.3 Å². The first kappa shape index (κ1) is 14.6. The van der Waals surface area contributed by atoms with Gasteiger partial charge in [-0.2, -0.15) is 13.2 Å². The summed E-state index contributed by atoms with van der Waals surface area (Å²) in [5.41, 5.74) is 0.388. The number of anilines is 1. The average Bonchev–Trinajstić information content (AvgIpc) is 2.19. The third-order valence-corrected chi connectivity index (χ3v) is 2.31. The maximum absolute atomic E-state index is 12.3. The number of rotatable bonds is 3. The van der Waals surface area contributed by atoms with E-state index in [1.54, 1.807) is 0 Å². The molecule has 0 heterocycles.